The molecule has 0 aliphatic rings. The Kier molecular flexibility index (Phi) is 7.65. The van der Waals surface area contributed by atoms with Crippen molar-refractivity contribution in [1.29, 1.82) is 5.26 Å². The van der Waals surface area contributed by atoms with Gasteiger partial charge >= 0.3 is 5.97 Å². The van der Waals surface area contributed by atoms with Gasteiger partial charge in [0, 0.05) is 33.1 Å². The highest BCUT2D eigenvalue weighted by Crippen LogP contribution is 2.34. The highest BCUT2D eigenvalue weighted by atomic mass is 79.9. The number of ether oxygens (including phenoxy) is 1. The number of carbonyl (C=O) groups excluding carboxylic acids is 2. The number of thiophene rings is 1. The number of furan rings is 1. The Balaban J connectivity index is 1.86. The molecule has 2 aromatic heterocycles. The average molecular weight is 544 g/mol. The van der Waals surface area contributed by atoms with Crippen LogP contribution in [-0.2, 0) is 9.53 Å². The van der Waals surface area contributed by atoms with E-state index in [-0.39, 0.29) is 29.2 Å². The number of hydrogen-bond donors (Lipinski definition) is 1. The van der Waals surface area contributed by atoms with Crippen LogP contribution in [0.15, 0.2) is 44.8 Å². The fraction of sp³-hybridized carbons (Fsp3) is 0.174. The van der Waals surface area contributed by atoms with Crippen LogP contribution in [0.1, 0.15) is 33.5 Å². The lowest BCUT2D eigenvalue weighted by atomic mass is 10.1. The number of hydrogen-bond acceptors (Lipinski definition) is 8. The molecule has 1 amide bonds. The first-order valence-corrected chi connectivity index (χ1v) is 11.5. The summed E-state index contributed by atoms with van der Waals surface area (Å²) in [4.78, 5) is 36.4. The fourth-order valence-corrected chi connectivity index (χ4v) is 4.62. The Morgan fingerprint density at radius 3 is 2.68 bits per heavy atom. The molecule has 0 spiro atoms. The molecule has 0 unspecified atom stereocenters. The largest absolute Gasteiger partial charge is 0.462 e. The van der Waals surface area contributed by atoms with Gasteiger partial charge in [-0.15, -0.1) is 11.3 Å². The van der Waals surface area contributed by atoms with Gasteiger partial charge in [-0.3, -0.25) is 14.9 Å². The Morgan fingerprint density at radius 2 is 2.06 bits per heavy atom. The number of nitro groups is 1. The third-order valence-corrected chi connectivity index (χ3v) is 6.58. The van der Waals surface area contributed by atoms with Crippen molar-refractivity contribution in [2.45, 2.75) is 20.8 Å². The monoisotopic (exact) mass is 543 g/mol. The maximum atomic E-state index is 12.8. The Labute approximate surface area is 206 Å². The number of nitrogens with zero attached hydrogens (tertiary/aromatic N) is 2. The van der Waals surface area contributed by atoms with Gasteiger partial charge in [0.1, 0.15) is 28.2 Å². The second kappa shape index (κ2) is 10.5. The van der Waals surface area contributed by atoms with Crippen LogP contribution in [0.3, 0.4) is 0 Å². The van der Waals surface area contributed by atoms with Crippen molar-refractivity contribution in [1.82, 2.24) is 0 Å². The van der Waals surface area contributed by atoms with Gasteiger partial charge in [0.25, 0.3) is 11.6 Å². The number of anilines is 1. The SMILES string of the molecule is CCOC(=O)c1c(NC(=O)/C(C#N)=C/c2ccc(-c3ccc([N+](=O)[O-])cc3Br)o2)sc(C)c1C. The molecule has 0 aliphatic heterocycles. The molecule has 1 aromatic carbocycles. The van der Waals surface area contributed by atoms with Crippen LogP contribution in [0.4, 0.5) is 10.7 Å². The molecule has 1 N–H and O–H groups in total. The van der Waals surface area contributed by atoms with Gasteiger partial charge in [0.15, 0.2) is 0 Å². The predicted octanol–water partition coefficient (Wildman–Crippen LogP) is 6.02. The van der Waals surface area contributed by atoms with Gasteiger partial charge in [-0.1, -0.05) is 0 Å². The van der Waals surface area contributed by atoms with Gasteiger partial charge in [-0.05, 0) is 60.5 Å². The van der Waals surface area contributed by atoms with Crippen LogP contribution in [0.25, 0.3) is 17.4 Å². The summed E-state index contributed by atoms with van der Waals surface area (Å²) in [5, 5.41) is 23.4. The van der Waals surface area contributed by atoms with Crippen molar-refractivity contribution in [3.63, 3.8) is 0 Å². The summed E-state index contributed by atoms with van der Waals surface area (Å²) in [6.07, 6.45) is 1.27. The minimum Gasteiger partial charge on any atom is -0.462 e. The second-order valence-electron chi connectivity index (χ2n) is 6.96. The first kappa shape index (κ1) is 24.9. The predicted molar refractivity (Wildman–Crippen MR) is 130 cm³/mol. The molecular weight excluding hydrogens is 526 g/mol. The molecule has 0 saturated heterocycles. The van der Waals surface area contributed by atoms with E-state index in [4.69, 9.17) is 9.15 Å². The van der Waals surface area contributed by atoms with Crippen LogP contribution in [0.5, 0.6) is 0 Å². The van der Waals surface area contributed by atoms with E-state index < -0.39 is 16.8 Å². The third kappa shape index (κ3) is 5.24. The summed E-state index contributed by atoms with van der Waals surface area (Å²) in [7, 11) is 0. The lowest BCUT2D eigenvalue weighted by Crippen LogP contribution is -2.16. The van der Waals surface area contributed by atoms with E-state index in [0.717, 1.165) is 4.88 Å². The molecule has 0 aliphatic carbocycles. The minimum absolute atomic E-state index is 0.0769. The van der Waals surface area contributed by atoms with Crippen LogP contribution in [-0.4, -0.2) is 23.4 Å². The smallest absolute Gasteiger partial charge is 0.341 e. The zero-order valence-corrected chi connectivity index (χ0v) is 20.7. The molecule has 0 atom stereocenters. The van der Waals surface area contributed by atoms with Crippen LogP contribution >= 0.6 is 27.3 Å². The Bertz CT molecular complexity index is 1370. The van der Waals surface area contributed by atoms with Gasteiger partial charge in [-0.2, -0.15) is 5.26 Å². The zero-order valence-electron chi connectivity index (χ0n) is 18.3. The molecular formula is C23H18BrN3O6S. The number of non-ortho nitro benzene ring substituents is 1. The van der Waals surface area contributed by atoms with Crippen LogP contribution < -0.4 is 5.32 Å². The van der Waals surface area contributed by atoms with Crippen LogP contribution in [0.2, 0.25) is 0 Å². The number of carbonyl (C=O) groups is 2. The number of aryl methyl sites for hydroxylation is 1. The lowest BCUT2D eigenvalue weighted by molar-refractivity contribution is -0.384. The lowest BCUT2D eigenvalue weighted by Gasteiger charge is -2.06. The van der Waals surface area contributed by atoms with E-state index in [1.807, 2.05) is 13.0 Å². The molecule has 174 valence electrons. The molecule has 9 nitrogen and oxygen atoms in total. The van der Waals surface area contributed by atoms with E-state index >= 15 is 0 Å². The standard InChI is InChI=1S/C23H18BrN3O6S/c1-4-32-23(29)20-12(2)13(3)34-22(20)26-21(28)14(11-25)9-16-6-8-19(33-16)17-7-5-15(27(30)31)10-18(17)24/h5-10H,4H2,1-3H3,(H,26,28)/b14-9+. The van der Waals surface area contributed by atoms with Crippen molar-refractivity contribution >= 4 is 55.9 Å². The maximum Gasteiger partial charge on any atom is 0.341 e. The molecule has 11 heteroatoms. The first-order chi connectivity index (χ1) is 16.2. The normalized spacial score (nSPS) is 11.1. The van der Waals surface area contributed by atoms with Gasteiger partial charge < -0.3 is 14.5 Å². The van der Waals surface area contributed by atoms with E-state index in [9.17, 15) is 25.0 Å². The summed E-state index contributed by atoms with van der Waals surface area (Å²) >= 11 is 4.51. The van der Waals surface area contributed by atoms with Crippen molar-refractivity contribution in [3.8, 4) is 17.4 Å². The molecule has 2 heterocycles. The molecule has 0 fully saturated rings. The van der Waals surface area contributed by atoms with Gasteiger partial charge in [0.2, 0.25) is 0 Å². The number of halogens is 1. The fourth-order valence-electron chi connectivity index (χ4n) is 3.02. The Morgan fingerprint density at radius 1 is 1.32 bits per heavy atom. The number of nitrogens with one attached hydrogen (secondary N) is 1. The highest BCUT2D eigenvalue weighted by molar-refractivity contribution is 9.10. The van der Waals surface area contributed by atoms with Crippen molar-refractivity contribution in [2.75, 3.05) is 11.9 Å². The number of benzene rings is 1. The third-order valence-electron chi connectivity index (χ3n) is 4.80. The Hall–Kier alpha value is -3.75. The summed E-state index contributed by atoms with van der Waals surface area (Å²) in [5.41, 5.74) is 1.22. The summed E-state index contributed by atoms with van der Waals surface area (Å²) in [6, 6.07) is 9.26. The summed E-state index contributed by atoms with van der Waals surface area (Å²) < 4.78 is 11.3. The minimum atomic E-state index is -0.705. The number of esters is 1. The molecule has 3 aromatic rings. The second-order valence-corrected chi connectivity index (χ2v) is 9.03. The zero-order chi connectivity index (χ0) is 25.0. The van der Waals surface area contributed by atoms with E-state index in [1.165, 1.54) is 35.6 Å². The number of nitro benzene ring substituents is 1. The van der Waals surface area contributed by atoms with E-state index in [0.29, 0.717) is 26.4 Å². The molecule has 0 saturated carbocycles. The summed E-state index contributed by atoms with van der Waals surface area (Å²) in [6.45, 7) is 5.46. The first-order valence-electron chi connectivity index (χ1n) is 9.90. The number of rotatable bonds is 7. The van der Waals surface area contributed by atoms with E-state index in [2.05, 4.69) is 21.2 Å². The van der Waals surface area contributed by atoms with Crippen LogP contribution in [0, 0.1) is 35.3 Å². The summed E-state index contributed by atoms with van der Waals surface area (Å²) in [5.74, 6) is -0.633. The highest BCUT2D eigenvalue weighted by Gasteiger charge is 2.23. The molecule has 0 bridgehead atoms. The van der Waals surface area contributed by atoms with Crippen molar-refractivity contribution in [3.05, 3.63) is 72.3 Å². The maximum absolute atomic E-state index is 12.8. The number of nitriles is 1. The van der Waals surface area contributed by atoms with E-state index in [1.54, 1.807) is 26.0 Å². The molecule has 34 heavy (non-hydrogen) atoms. The molecule has 3 rings (SSSR count). The van der Waals surface area contributed by atoms with Crippen molar-refractivity contribution in [2.24, 2.45) is 0 Å². The quantitative estimate of drug-likeness (QED) is 0.126. The topological polar surface area (TPSA) is 135 Å². The average Bonchev–Trinajstić information content (AvgIpc) is 3.36. The molecule has 0 radical (unpaired) electrons. The van der Waals surface area contributed by atoms with Gasteiger partial charge in [0.05, 0.1) is 17.1 Å². The van der Waals surface area contributed by atoms with Gasteiger partial charge in [-0.25, -0.2) is 4.79 Å². The number of amides is 1. The van der Waals surface area contributed by atoms with Crippen molar-refractivity contribution < 1.29 is 23.7 Å².